The molecule has 1 unspecified atom stereocenters. The Bertz CT molecular complexity index is 1260. The number of sulfone groups is 1. The molecular formula is C23H19Cl2F2NO4S. The van der Waals surface area contributed by atoms with E-state index in [4.69, 9.17) is 28.9 Å². The fourth-order valence-electron chi connectivity index (χ4n) is 3.44. The van der Waals surface area contributed by atoms with E-state index in [0.717, 1.165) is 0 Å². The summed E-state index contributed by atoms with van der Waals surface area (Å²) in [6, 6.07) is 14.8. The summed E-state index contributed by atoms with van der Waals surface area (Å²) in [6.45, 7) is -1.51. The van der Waals surface area contributed by atoms with Gasteiger partial charge in [-0.25, -0.2) is 8.42 Å². The number of rotatable bonds is 8. The first-order valence-electron chi connectivity index (χ1n) is 9.70. The molecule has 1 amide bonds. The van der Waals surface area contributed by atoms with E-state index in [9.17, 15) is 22.0 Å². The van der Waals surface area contributed by atoms with Gasteiger partial charge in [-0.1, -0.05) is 60.5 Å². The van der Waals surface area contributed by atoms with Gasteiger partial charge in [0, 0.05) is 11.1 Å². The molecule has 10 heteroatoms. The van der Waals surface area contributed by atoms with Crippen LogP contribution in [-0.2, 0) is 14.6 Å². The number of amides is 1. The van der Waals surface area contributed by atoms with Gasteiger partial charge in [0.2, 0.25) is 5.91 Å². The lowest BCUT2D eigenvalue weighted by Crippen LogP contribution is -2.22. The van der Waals surface area contributed by atoms with Gasteiger partial charge in [-0.3, -0.25) is 4.79 Å². The summed E-state index contributed by atoms with van der Waals surface area (Å²) in [6.07, 6.45) is 0. The van der Waals surface area contributed by atoms with Gasteiger partial charge in [-0.2, -0.15) is 8.78 Å². The minimum absolute atomic E-state index is 0.0605. The maximum atomic E-state index is 12.8. The second-order valence-corrected chi connectivity index (χ2v) is 10.1. The van der Waals surface area contributed by atoms with Gasteiger partial charge < -0.3 is 10.5 Å². The summed E-state index contributed by atoms with van der Waals surface area (Å²) in [4.78, 5) is 12.4. The maximum Gasteiger partial charge on any atom is 0.387 e. The number of benzene rings is 3. The number of halogens is 4. The van der Waals surface area contributed by atoms with Crippen LogP contribution in [0, 0.1) is 0 Å². The maximum absolute atomic E-state index is 12.8. The molecule has 3 aromatic carbocycles. The molecule has 0 radical (unpaired) electrons. The Balaban J connectivity index is 2.07. The third kappa shape index (κ3) is 5.46. The molecule has 0 aromatic heterocycles. The van der Waals surface area contributed by atoms with E-state index in [1.54, 1.807) is 6.07 Å². The van der Waals surface area contributed by atoms with Crippen LogP contribution in [0.4, 0.5) is 8.78 Å². The zero-order valence-electron chi connectivity index (χ0n) is 17.3. The van der Waals surface area contributed by atoms with Crippen molar-refractivity contribution in [3.8, 4) is 16.9 Å². The van der Waals surface area contributed by atoms with E-state index < -0.39 is 28.3 Å². The van der Waals surface area contributed by atoms with Gasteiger partial charge in [0.1, 0.15) is 5.75 Å². The molecule has 0 heterocycles. The largest absolute Gasteiger partial charge is 0.434 e. The molecule has 3 aromatic rings. The van der Waals surface area contributed by atoms with Crippen molar-refractivity contribution in [2.24, 2.45) is 5.73 Å². The number of nitrogens with two attached hydrogens (primary N) is 1. The SMILES string of the molecule is CCS(=O)(=O)c1ccc(C(C(N)=O)c2cc(Cl)c(-c3ccccc3OC(F)F)c(Cl)c2)cc1. The van der Waals surface area contributed by atoms with E-state index >= 15 is 0 Å². The van der Waals surface area contributed by atoms with Crippen molar-refractivity contribution >= 4 is 38.9 Å². The fraction of sp³-hybridized carbons (Fsp3) is 0.174. The first-order chi connectivity index (χ1) is 15.5. The molecule has 0 saturated carbocycles. The van der Waals surface area contributed by atoms with Crippen LogP contribution in [-0.4, -0.2) is 26.7 Å². The highest BCUT2D eigenvalue weighted by molar-refractivity contribution is 7.91. The highest BCUT2D eigenvalue weighted by atomic mass is 35.5. The average molecular weight is 514 g/mol. The highest BCUT2D eigenvalue weighted by Crippen LogP contribution is 2.42. The molecule has 0 aliphatic carbocycles. The number of hydrogen-bond donors (Lipinski definition) is 1. The van der Waals surface area contributed by atoms with E-state index in [1.165, 1.54) is 61.5 Å². The summed E-state index contributed by atoms with van der Waals surface area (Å²) < 4.78 is 54.3. The smallest absolute Gasteiger partial charge is 0.387 e. The zero-order valence-corrected chi connectivity index (χ0v) is 19.6. The Morgan fingerprint density at radius 3 is 2.09 bits per heavy atom. The van der Waals surface area contributed by atoms with Crippen molar-refractivity contribution in [3.63, 3.8) is 0 Å². The Morgan fingerprint density at radius 2 is 1.58 bits per heavy atom. The van der Waals surface area contributed by atoms with Crippen molar-refractivity contribution < 1.29 is 26.7 Å². The minimum Gasteiger partial charge on any atom is -0.434 e. The van der Waals surface area contributed by atoms with Crippen molar-refractivity contribution in [2.45, 2.75) is 24.3 Å². The summed E-state index contributed by atoms with van der Waals surface area (Å²) in [5.74, 6) is -1.85. The Hall–Kier alpha value is -2.68. The van der Waals surface area contributed by atoms with Crippen LogP contribution < -0.4 is 10.5 Å². The first-order valence-corrected chi connectivity index (χ1v) is 12.1. The second kappa shape index (κ2) is 10.1. The molecule has 0 spiro atoms. The van der Waals surface area contributed by atoms with Crippen molar-refractivity contribution in [3.05, 3.63) is 81.8 Å². The zero-order chi connectivity index (χ0) is 24.3. The predicted octanol–water partition coefficient (Wildman–Crippen LogP) is 5.67. The van der Waals surface area contributed by atoms with Crippen molar-refractivity contribution in [1.29, 1.82) is 0 Å². The normalized spacial score (nSPS) is 12.5. The van der Waals surface area contributed by atoms with Crippen molar-refractivity contribution in [2.75, 3.05) is 5.75 Å². The molecule has 5 nitrogen and oxygen atoms in total. The highest BCUT2D eigenvalue weighted by Gasteiger charge is 2.25. The average Bonchev–Trinajstić information content (AvgIpc) is 2.74. The molecule has 0 saturated heterocycles. The summed E-state index contributed by atoms with van der Waals surface area (Å²) in [5.41, 5.74) is 6.95. The summed E-state index contributed by atoms with van der Waals surface area (Å²) in [5, 5.41) is 0.193. The number of hydrogen-bond acceptors (Lipinski definition) is 4. The van der Waals surface area contributed by atoms with Crippen LogP contribution in [0.3, 0.4) is 0 Å². The quantitative estimate of drug-likeness (QED) is 0.420. The molecule has 174 valence electrons. The van der Waals surface area contributed by atoms with E-state index in [1.807, 2.05) is 0 Å². The third-order valence-corrected chi connectivity index (χ3v) is 7.35. The van der Waals surface area contributed by atoms with Crippen molar-refractivity contribution in [1.82, 2.24) is 0 Å². The van der Waals surface area contributed by atoms with Crippen LogP contribution in [0.5, 0.6) is 5.75 Å². The lowest BCUT2D eigenvalue weighted by molar-refractivity contribution is -0.118. The monoisotopic (exact) mass is 513 g/mol. The third-order valence-electron chi connectivity index (χ3n) is 5.01. The van der Waals surface area contributed by atoms with Crippen LogP contribution >= 0.6 is 23.2 Å². The molecule has 1 atom stereocenters. The first kappa shape index (κ1) is 25.0. The molecule has 0 aliphatic heterocycles. The topological polar surface area (TPSA) is 86.5 Å². The Kier molecular flexibility index (Phi) is 7.62. The van der Waals surface area contributed by atoms with Crippen LogP contribution in [0.15, 0.2) is 65.6 Å². The molecule has 33 heavy (non-hydrogen) atoms. The second-order valence-electron chi connectivity index (χ2n) is 7.04. The van der Waals surface area contributed by atoms with Crippen LogP contribution in [0.25, 0.3) is 11.1 Å². The standard InChI is InChI=1S/C23H19Cl2F2NO4S/c1-2-33(30,31)15-9-7-13(8-10-15)20(22(28)29)14-11-17(24)21(18(25)12-14)16-5-3-4-6-19(16)32-23(26)27/h3-12,20,23H,2H2,1H3,(H2,28,29). The fourth-order valence-corrected chi connectivity index (χ4v) is 5.04. The van der Waals surface area contributed by atoms with E-state index in [2.05, 4.69) is 4.74 Å². The summed E-state index contributed by atoms with van der Waals surface area (Å²) in [7, 11) is -3.41. The Labute approximate surface area is 200 Å². The number of para-hydroxylation sites is 1. The number of carbonyl (C=O) groups excluding carboxylic acids is 1. The predicted molar refractivity (Wildman–Crippen MR) is 124 cm³/mol. The lowest BCUT2D eigenvalue weighted by Gasteiger charge is -2.19. The van der Waals surface area contributed by atoms with Gasteiger partial charge in [0.25, 0.3) is 0 Å². The Morgan fingerprint density at radius 1 is 1.00 bits per heavy atom. The van der Waals surface area contributed by atoms with E-state index in [-0.39, 0.29) is 37.6 Å². The molecule has 3 rings (SSSR count). The van der Waals surface area contributed by atoms with Crippen LogP contribution in [0.1, 0.15) is 24.0 Å². The molecule has 0 aliphatic rings. The van der Waals surface area contributed by atoms with Gasteiger partial charge in [-0.15, -0.1) is 0 Å². The number of ether oxygens (including phenoxy) is 1. The van der Waals surface area contributed by atoms with E-state index in [0.29, 0.717) is 11.1 Å². The molecule has 0 bridgehead atoms. The number of primary amides is 1. The minimum atomic E-state index is -3.41. The van der Waals surface area contributed by atoms with Gasteiger partial charge >= 0.3 is 6.61 Å². The lowest BCUT2D eigenvalue weighted by atomic mass is 9.89. The van der Waals surface area contributed by atoms with Gasteiger partial charge in [-0.05, 0) is 41.5 Å². The van der Waals surface area contributed by atoms with Gasteiger partial charge in [0.05, 0.1) is 26.6 Å². The molecule has 0 fully saturated rings. The molecular weight excluding hydrogens is 495 g/mol. The van der Waals surface area contributed by atoms with Gasteiger partial charge in [0.15, 0.2) is 9.84 Å². The number of alkyl halides is 2. The summed E-state index contributed by atoms with van der Waals surface area (Å²) >= 11 is 12.9. The number of carbonyl (C=O) groups is 1. The van der Waals surface area contributed by atoms with Crippen LogP contribution in [0.2, 0.25) is 10.0 Å². The molecule has 2 N–H and O–H groups in total.